The Morgan fingerprint density at radius 2 is 2.06 bits per heavy atom. The minimum Gasteiger partial charge on any atom is -0.444 e. The summed E-state index contributed by atoms with van der Waals surface area (Å²) in [5.41, 5.74) is 1.74. The predicted octanol–water partition coefficient (Wildman–Crippen LogP) is 5.29. The summed E-state index contributed by atoms with van der Waals surface area (Å²) in [5, 5.41) is 10.7. The molecular weight excluding hydrogens is 446 g/mol. The third-order valence-electron chi connectivity index (χ3n) is 6.15. The van der Waals surface area contributed by atoms with Gasteiger partial charge in [0.2, 0.25) is 11.8 Å². The molecule has 0 N–H and O–H groups in total. The maximum absolute atomic E-state index is 6.10. The molecule has 32 heavy (non-hydrogen) atoms. The van der Waals surface area contributed by atoms with E-state index in [0.717, 1.165) is 67.4 Å². The van der Waals surface area contributed by atoms with Crippen LogP contribution in [0.4, 0.5) is 5.95 Å². The maximum atomic E-state index is 6.10. The van der Waals surface area contributed by atoms with Crippen LogP contribution in [0.25, 0.3) is 11.5 Å². The van der Waals surface area contributed by atoms with Gasteiger partial charge in [-0.2, -0.15) is 0 Å². The van der Waals surface area contributed by atoms with Crippen LogP contribution in [0.5, 0.6) is 0 Å². The predicted molar refractivity (Wildman–Crippen MR) is 126 cm³/mol. The number of thioether (sulfide) groups is 1. The van der Waals surface area contributed by atoms with Crippen LogP contribution in [0.3, 0.4) is 0 Å². The van der Waals surface area contributed by atoms with Crippen molar-refractivity contribution >= 4 is 29.3 Å². The van der Waals surface area contributed by atoms with Gasteiger partial charge in [0.05, 0.1) is 18.3 Å². The van der Waals surface area contributed by atoms with E-state index in [1.165, 1.54) is 12.8 Å². The maximum Gasteiger partial charge on any atom is 0.228 e. The van der Waals surface area contributed by atoms with Crippen molar-refractivity contribution in [2.75, 3.05) is 24.6 Å². The second-order valence-electron chi connectivity index (χ2n) is 8.64. The van der Waals surface area contributed by atoms with Gasteiger partial charge in [-0.3, -0.25) is 4.57 Å². The number of halogens is 1. The highest BCUT2D eigenvalue weighted by Crippen LogP contribution is 2.30. The molecule has 1 unspecified atom stereocenters. The molecule has 2 aliphatic heterocycles. The number of rotatable bonds is 7. The van der Waals surface area contributed by atoms with Gasteiger partial charge in [0.25, 0.3) is 0 Å². The summed E-state index contributed by atoms with van der Waals surface area (Å²) in [6.07, 6.45) is 6.54. The SMILES string of the molecule is CC1CCN(c2nnc(SCc3coc(-c4cccc(Cl)c4)n3)n2CC2CCCO2)CC1. The van der Waals surface area contributed by atoms with Gasteiger partial charge < -0.3 is 14.1 Å². The summed E-state index contributed by atoms with van der Waals surface area (Å²) in [5.74, 6) is 2.97. The highest BCUT2D eigenvalue weighted by molar-refractivity contribution is 7.98. The smallest absolute Gasteiger partial charge is 0.228 e. The van der Waals surface area contributed by atoms with Crippen LogP contribution in [0.2, 0.25) is 5.02 Å². The summed E-state index contributed by atoms with van der Waals surface area (Å²) in [6, 6.07) is 7.53. The highest BCUT2D eigenvalue weighted by atomic mass is 35.5. The Morgan fingerprint density at radius 3 is 2.84 bits per heavy atom. The summed E-state index contributed by atoms with van der Waals surface area (Å²) in [6.45, 7) is 6.02. The second kappa shape index (κ2) is 9.85. The molecule has 3 aromatic rings. The minimum absolute atomic E-state index is 0.231. The largest absolute Gasteiger partial charge is 0.444 e. The first-order chi connectivity index (χ1) is 15.7. The number of benzene rings is 1. The summed E-state index contributed by atoms with van der Waals surface area (Å²) >= 11 is 7.74. The van der Waals surface area contributed by atoms with E-state index in [9.17, 15) is 0 Å². The third-order valence-corrected chi connectivity index (χ3v) is 7.38. The average Bonchev–Trinajstić information content (AvgIpc) is 3.55. The molecule has 2 aromatic heterocycles. The van der Waals surface area contributed by atoms with E-state index in [1.54, 1.807) is 18.0 Å². The van der Waals surface area contributed by atoms with Crippen LogP contribution in [0.1, 0.15) is 38.3 Å². The fourth-order valence-corrected chi connectivity index (χ4v) is 5.26. The molecule has 0 bridgehead atoms. The van der Waals surface area contributed by atoms with Crippen molar-refractivity contribution in [3.8, 4) is 11.5 Å². The molecule has 2 saturated heterocycles. The number of anilines is 1. The van der Waals surface area contributed by atoms with Crippen LogP contribution < -0.4 is 4.90 Å². The molecular formula is C23H28ClN5O2S. The van der Waals surface area contributed by atoms with Crippen molar-refractivity contribution < 1.29 is 9.15 Å². The van der Waals surface area contributed by atoms with Crippen LogP contribution >= 0.6 is 23.4 Å². The molecule has 0 saturated carbocycles. The zero-order chi connectivity index (χ0) is 21.9. The second-order valence-corrected chi connectivity index (χ2v) is 10.0. The van der Waals surface area contributed by atoms with Crippen LogP contribution in [-0.2, 0) is 17.0 Å². The number of aromatic nitrogens is 4. The summed E-state index contributed by atoms with van der Waals surface area (Å²) < 4.78 is 13.9. The van der Waals surface area contributed by atoms with Crippen LogP contribution in [0, 0.1) is 5.92 Å². The van der Waals surface area contributed by atoms with Gasteiger partial charge in [-0.05, 0) is 49.8 Å². The summed E-state index contributed by atoms with van der Waals surface area (Å²) in [4.78, 5) is 7.01. The number of piperidine rings is 1. The van der Waals surface area contributed by atoms with Gasteiger partial charge in [0.1, 0.15) is 6.26 Å². The average molecular weight is 474 g/mol. The Kier molecular flexibility index (Phi) is 6.71. The molecule has 4 heterocycles. The lowest BCUT2D eigenvalue weighted by Gasteiger charge is -2.31. The Morgan fingerprint density at radius 1 is 1.19 bits per heavy atom. The molecule has 9 heteroatoms. The molecule has 1 aromatic carbocycles. The van der Waals surface area contributed by atoms with Crippen molar-refractivity contribution in [2.45, 2.75) is 56.2 Å². The number of hydrogen-bond acceptors (Lipinski definition) is 7. The topological polar surface area (TPSA) is 69.2 Å². The van der Waals surface area contributed by atoms with Gasteiger partial charge >= 0.3 is 0 Å². The third kappa shape index (κ3) is 4.97. The highest BCUT2D eigenvalue weighted by Gasteiger charge is 2.26. The van der Waals surface area contributed by atoms with Crippen molar-refractivity contribution in [1.29, 1.82) is 0 Å². The molecule has 0 amide bonds. The van der Waals surface area contributed by atoms with E-state index in [1.807, 2.05) is 24.3 Å². The first kappa shape index (κ1) is 21.8. The quantitative estimate of drug-likeness (QED) is 0.431. The van der Waals surface area contributed by atoms with E-state index in [-0.39, 0.29) is 6.10 Å². The van der Waals surface area contributed by atoms with Gasteiger partial charge in [0, 0.05) is 36.0 Å². The van der Waals surface area contributed by atoms with Crippen molar-refractivity contribution in [3.05, 3.63) is 41.2 Å². The van der Waals surface area contributed by atoms with E-state index < -0.39 is 0 Å². The van der Waals surface area contributed by atoms with Gasteiger partial charge in [0.15, 0.2) is 5.16 Å². The fourth-order valence-electron chi connectivity index (χ4n) is 4.25. The zero-order valence-electron chi connectivity index (χ0n) is 18.2. The van der Waals surface area contributed by atoms with E-state index >= 15 is 0 Å². The molecule has 2 fully saturated rings. The van der Waals surface area contributed by atoms with E-state index in [4.69, 9.17) is 20.8 Å². The Balaban J connectivity index is 1.31. The van der Waals surface area contributed by atoms with Crippen LogP contribution in [-0.4, -0.2) is 45.5 Å². The Hall–Kier alpha value is -2.03. The monoisotopic (exact) mass is 473 g/mol. The number of ether oxygens (including phenoxy) is 1. The van der Waals surface area contributed by atoms with Gasteiger partial charge in [-0.25, -0.2) is 4.98 Å². The molecule has 1 atom stereocenters. The first-order valence-corrected chi connectivity index (χ1v) is 12.6. The van der Waals surface area contributed by atoms with Gasteiger partial charge in [-0.15, -0.1) is 10.2 Å². The van der Waals surface area contributed by atoms with E-state index in [0.29, 0.717) is 16.7 Å². The van der Waals surface area contributed by atoms with E-state index in [2.05, 4.69) is 31.6 Å². The number of hydrogen-bond donors (Lipinski definition) is 0. The molecule has 0 radical (unpaired) electrons. The molecule has 0 aliphatic carbocycles. The molecule has 7 nitrogen and oxygen atoms in total. The number of oxazole rings is 1. The normalized spacial score (nSPS) is 19.7. The lowest BCUT2D eigenvalue weighted by atomic mass is 10.00. The van der Waals surface area contributed by atoms with Gasteiger partial charge in [-0.1, -0.05) is 36.4 Å². The lowest BCUT2D eigenvalue weighted by molar-refractivity contribution is 0.0951. The molecule has 170 valence electrons. The Bertz CT molecular complexity index is 1040. The zero-order valence-corrected chi connectivity index (χ0v) is 19.8. The van der Waals surface area contributed by atoms with Crippen molar-refractivity contribution in [2.24, 2.45) is 5.92 Å². The van der Waals surface area contributed by atoms with Crippen LogP contribution in [0.15, 0.2) is 40.1 Å². The fraction of sp³-hybridized carbons (Fsp3) is 0.522. The Labute approximate surface area is 197 Å². The standard InChI is InChI=1S/C23H28ClN5O2S/c1-16-7-9-28(10-8-16)22-26-27-23(29(22)13-20-6-3-11-30-20)32-15-19-14-31-21(25-19)17-4-2-5-18(24)12-17/h2,4-5,12,14,16,20H,3,6-11,13,15H2,1H3. The lowest BCUT2D eigenvalue weighted by Crippen LogP contribution is -2.35. The molecule has 5 rings (SSSR count). The summed E-state index contributed by atoms with van der Waals surface area (Å²) in [7, 11) is 0. The van der Waals surface area contributed by atoms with Crippen molar-refractivity contribution in [3.63, 3.8) is 0 Å². The number of nitrogens with zero attached hydrogens (tertiary/aromatic N) is 5. The first-order valence-electron chi connectivity index (χ1n) is 11.3. The minimum atomic E-state index is 0.231. The van der Waals surface area contributed by atoms with Crippen molar-refractivity contribution in [1.82, 2.24) is 19.7 Å². The molecule has 0 spiro atoms. The molecule has 2 aliphatic rings.